The Morgan fingerprint density at radius 2 is 1.86 bits per heavy atom. The van der Waals surface area contributed by atoms with E-state index in [4.69, 9.17) is 20.6 Å². The number of rotatable bonds is 8. The van der Waals surface area contributed by atoms with Gasteiger partial charge in [0.1, 0.15) is 5.84 Å². The predicted octanol–water partition coefficient (Wildman–Crippen LogP) is 6.91. The van der Waals surface area contributed by atoms with Crippen molar-refractivity contribution < 1.29 is 18.7 Å². The number of halogens is 1. The van der Waals surface area contributed by atoms with Crippen LogP contribution in [0, 0.1) is 5.92 Å². The number of hydrogen-bond acceptors (Lipinski definition) is 5. The normalized spacial score (nSPS) is 20.0. The van der Waals surface area contributed by atoms with Crippen molar-refractivity contribution in [1.29, 1.82) is 0 Å². The zero-order chi connectivity index (χ0) is 24.6. The molecule has 1 aromatic heterocycles. The molecule has 0 saturated heterocycles. The SMILES string of the molecule is COP(=O)(/N=C1/CC(c2ccc(CO)cc2)=CC(C2CC2)N1Cc1sc2ccccc2c1Cl)OC. The molecule has 3 aromatic rings. The maximum atomic E-state index is 13.1. The second kappa shape index (κ2) is 10.2. The van der Waals surface area contributed by atoms with E-state index in [0.29, 0.717) is 24.7 Å². The summed E-state index contributed by atoms with van der Waals surface area (Å²) in [5.41, 5.74) is 3.04. The molecule has 6 nitrogen and oxygen atoms in total. The molecule has 5 rings (SSSR count). The van der Waals surface area contributed by atoms with E-state index in [-0.39, 0.29) is 12.6 Å². The summed E-state index contributed by atoms with van der Waals surface area (Å²) in [4.78, 5) is 3.28. The van der Waals surface area contributed by atoms with Crippen LogP contribution in [0.25, 0.3) is 15.7 Å². The minimum absolute atomic E-state index is 0.00526. The lowest BCUT2D eigenvalue weighted by molar-refractivity contribution is 0.273. The third-order valence-electron chi connectivity index (χ3n) is 6.64. The quantitative estimate of drug-likeness (QED) is 0.320. The molecule has 1 aliphatic heterocycles. The largest absolute Gasteiger partial charge is 0.454 e. The zero-order valence-electron chi connectivity index (χ0n) is 19.7. The first-order valence-corrected chi connectivity index (χ1v) is 14.3. The van der Waals surface area contributed by atoms with Crippen LogP contribution in [0.2, 0.25) is 5.02 Å². The summed E-state index contributed by atoms with van der Waals surface area (Å²) < 4.78 is 29.2. The topological polar surface area (TPSA) is 71.4 Å². The average Bonchev–Trinajstić information content (AvgIpc) is 3.69. The van der Waals surface area contributed by atoms with Gasteiger partial charge in [0.2, 0.25) is 0 Å². The molecule has 9 heteroatoms. The van der Waals surface area contributed by atoms with E-state index in [2.05, 4.69) is 21.8 Å². The highest BCUT2D eigenvalue weighted by molar-refractivity contribution is 7.52. The molecule has 1 atom stereocenters. The number of thiophene rings is 1. The molecule has 0 amide bonds. The minimum Gasteiger partial charge on any atom is -0.392 e. The van der Waals surface area contributed by atoms with Crippen molar-refractivity contribution in [3.8, 4) is 0 Å². The molecule has 184 valence electrons. The van der Waals surface area contributed by atoms with Crippen LogP contribution in [0.3, 0.4) is 0 Å². The molecule has 0 bridgehead atoms. The summed E-state index contributed by atoms with van der Waals surface area (Å²) in [5, 5.41) is 11.2. The Kier molecular flexibility index (Phi) is 7.18. The fraction of sp³-hybridized carbons (Fsp3) is 0.346. The van der Waals surface area contributed by atoms with E-state index in [1.807, 2.05) is 42.5 Å². The molecule has 2 heterocycles. The standard InChI is InChI=1S/C26H28ClN2O4PS/c1-32-34(31,33-2)28-25-14-20(18-9-7-17(16-30)8-10-18)13-22(19-11-12-19)29(25)15-24-26(27)21-5-3-4-6-23(21)35-24/h3-10,13,19,22,30H,11-12,14-16H2,1-2H3/b28-25-. The van der Waals surface area contributed by atoms with E-state index in [9.17, 15) is 9.67 Å². The van der Waals surface area contributed by atoms with Gasteiger partial charge in [0.05, 0.1) is 24.2 Å². The fourth-order valence-corrected chi connectivity index (χ4v) is 6.83. The van der Waals surface area contributed by atoms with E-state index in [1.165, 1.54) is 14.2 Å². The van der Waals surface area contributed by atoms with Gasteiger partial charge < -0.3 is 10.0 Å². The van der Waals surface area contributed by atoms with Crippen molar-refractivity contribution in [2.24, 2.45) is 10.7 Å². The van der Waals surface area contributed by atoms with Gasteiger partial charge in [-0.2, -0.15) is 4.76 Å². The highest BCUT2D eigenvalue weighted by atomic mass is 35.5. The summed E-state index contributed by atoms with van der Waals surface area (Å²) in [5.74, 6) is 1.16. The smallest absolute Gasteiger partial charge is 0.392 e. The Balaban J connectivity index is 1.58. The molecule has 35 heavy (non-hydrogen) atoms. The van der Waals surface area contributed by atoms with E-state index in [0.717, 1.165) is 49.5 Å². The predicted molar refractivity (Wildman–Crippen MR) is 143 cm³/mol. The van der Waals surface area contributed by atoms with Gasteiger partial charge in [-0.15, -0.1) is 11.3 Å². The zero-order valence-corrected chi connectivity index (χ0v) is 22.2. The van der Waals surface area contributed by atoms with Crippen LogP contribution in [-0.2, 0) is 26.8 Å². The van der Waals surface area contributed by atoms with Gasteiger partial charge >= 0.3 is 7.75 Å². The molecule has 1 unspecified atom stereocenters. The van der Waals surface area contributed by atoms with Crippen molar-refractivity contribution >= 4 is 52.2 Å². The fourth-order valence-electron chi connectivity index (χ4n) is 4.56. The van der Waals surface area contributed by atoms with Crippen molar-refractivity contribution in [3.63, 3.8) is 0 Å². The minimum atomic E-state index is -3.64. The second-order valence-electron chi connectivity index (χ2n) is 8.86. The number of amidine groups is 1. The van der Waals surface area contributed by atoms with Crippen LogP contribution in [0.5, 0.6) is 0 Å². The summed E-state index contributed by atoms with van der Waals surface area (Å²) in [7, 11) is -0.934. The van der Waals surface area contributed by atoms with Gasteiger partial charge in [-0.05, 0) is 41.5 Å². The molecule has 2 aromatic carbocycles. The molecule has 1 aliphatic carbocycles. The lowest BCUT2D eigenvalue weighted by Gasteiger charge is -2.38. The molecule has 1 fully saturated rings. The monoisotopic (exact) mass is 530 g/mol. The molecule has 0 radical (unpaired) electrons. The van der Waals surface area contributed by atoms with Gasteiger partial charge in [-0.1, -0.05) is 60.1 Å². The van der Waals surface area contributed by atoms with E-state index < -0.39 is 7.75 Å². The second-order valence-corrected chi connectivity index (χ2v) is 12.2. The lowest BCUT2D eigenvalue weighted by Crippen LogP contribution is -2.43. The third-order valence-corrected chi connectivity index (χ3v) is 9.74. The number of benzene rings is 2. The maximum absolute atomic E-state index is 13.1. The number of hydrogen-bond donors (Lipinski definition) is 1. The highest BCUT2D eigenvalue weighted by Gasteiger charge is 2.40. The maximum Gasteiger partial charge on any atom is 0.454 e. The first-order valence-electron chi connectivity index (χ1n) is 11.6. The van der Waals surface area contributed by atoms with Crippen LogP contribution >= 0.6 is 30.7 Å². The van der Waals surface area contributed by atoms with Gasteiger partial charge in [0.15, 0.2) is 0 Å². The number of fused-ring (bicyclic) bond motifs is 1. The van der Waals surface area contributed by atoms with Crippen molar-refractivity contribution in [3.05, 3.63) is 75.6 Å². The Bertz CT molecular complexity index is 1320. The Morgan fingerprint density at radius 1 is 1.14 bits per heavy atom. The van der Waals surface area contributed by atoms with Crippen LogP contribution in [0.15, 0.2) is 59.4 Å². The van der Waals surface area contributed by atoms with Gasteiger partial charge in [0, 0.05) is 35.6 Å². The first-order chi connectivity index (χ1) is 16.9. The van der Waals surface area contributed by atoms with Crippen molar-refractivity contribution in [2.45, 2.75) is 38.5 Å². The average molecular weight is 531 g/mol. The summed E-state index contributed by atoms with van der Waals surface area (Å²) in [6.07, 6.45) is 5.07. The van der Waals surface area contributed by atoms with Crippen molar-refractivity contribution in [2.75, 3.05) is 14.2 Å². The third kappa shape index (κ3) is 5.12. The van der Waals surface area contributed by atoms with Crippen molar-refractivity contribution in [1.82, 2.24) is 4.90 Å². The van der Waals surface area contributed by atoms with Crippen LogP contribution < -0.4 is 0 Å². The van der Waals surface area contributed by atoms with Gasteiger partial charge in [0.25, 0.3) is 0 Å². The molecule has 1 saturated carbocycles. The lowest BCUT2D eigenvalue weighted by atomic mass is 9.92. The number of aliphatic hydroxyl groups is 1. The molecular formula is C26H28ClN2O4PS. The highest BCUT2D eigenvalue weighted by Crippen LogP contribution is 2.51. The van der Waals surface area contributed by atoms with Gasteiger partial charge in [-0.25, -0.2) is 4.57 Å². The molecule has 1 N–H and O–H groups in total. The Morgan fingerprint density at radius 3 is 2.49 bits per heavy atom. The number of aliphatic hydroxyl groups excluding tert-OH is 1. The summed E-state index contributed by atoms with van der Waals surface area (Å²) in [6.45, 7) is 0.574. The molecule has 0 spiro atoms. The summed E-state index contributed by atoms with van der Waals surface area (Å²) in [6, 6.07) is 16.1. The summed E-state index contributed by atoms with van der Waals surface area (Å²) >= 11 is 8.49. The molecular weight excluding hydrogens is 503 g/mol. The van der Waals surface area contributed by atoms with Gasteiger partial charge in [-0.3, -0.25) is 9.05 Å². The van der Waals surface area contributed by atoms with E-state index >= 15 is 0 Å². The Labute approximate surface area is 214 Å². The number of nitrogens with zero attached hydrogens (tertiary/aromatic N) is 2. The van der Waals surface area contributed by atoms with E-state index in [1.54, 1.807) is 11.3 Å². The van der Waals surface area contributed by atoms with Crippen LogP contribution in [0.4, 0.5) is 0 Å². The molecule has 2 aliphatic rings. The van der Waals surface area contributed by atoms with Crippen LogP contribution in [0.1, 0.15) is 35.3 Å². The first kappa shape index (κ1) is 24.7. The van der Waals surface area contributed by atoms with Crippen LogP contribution in [-0.4, -0.2) is 36.1 Å². The Hall–Kier alpha value is -1.99.